The largest absolute Gasteiger partial charge is 0.388 e. The molecule has 1 saturated carbocycles. The molecule has 2 aliphatic heterocycles. The van der Waals surface area contributed by atoms with Gasteiger partial charge in [0.1, 0.15) is 11.7 Å². The van der Waals surface area contributed by atoms with E-state index in [-0.39, 0.29) is 36.0 Å². The standard InChI is InChI=1S/C27H33N7O5/c35-24(18-1-2-18)32-11-9-27(38,10-12-32)16-33-17-28-23-22(25(33)36)15-29-34(23)21-5-3-19(4-6-21)30-26(37)31-20-7-13-39-14-8-20/h3-6,15,17-18,20,38H,1-2,7-14,16H2,(H2,30,31,37). The Balaban J connectivity index is 1.11. The lowest BCUT2D eigenvalue weighted by atomic mass is 9.91. The number of hydrogen-bond donors (Lipinski definition) is 3. The Morgan fingerprint density at radius 3 is 2.49 bits per heavy atom. The third-order valence-corrected chi connectivity index (χ3v) is 7.88. The van der Waals surface area contributed by atoms with E-state index in [1.807, 2.05) is 4.90 Å². The number of nitrogens with zero attached hydrogens (tertiary/aromatic N) is 5. The van der Waals surface area contributed by atoms with Crippen molar-refractivity contribution in [2.45, 2.75) is 56.7 Å². The highest BCUT2D eigenvalue weighted by Crippen LogP contribution is 2.33. The maximum Gasteiger partial charge on any atom is 0.319 e. The van der Waals surface area contributed by atoms with Crippen LogP contribution in [0, 0.1) is 5.92 Å². The molecular formula is C27H33N7O5. The number of likely N-dealkylation sites (tertiary alicyclic amines) is 1. The first-order valence-electron chi connectivity index (χ1n) is 13.6. The summed E-state index contributed by atoms with van der Waals surface area (Å²) in [6.07, 6.45) is 7.28. The minimum atomic E-state index is -1.07. The molecule has 0 spiro atoms. The average Bonchev–Trinajstić information content (AvgIpc) is 3.70. The Bertz CT molecular complexity index is 1410. The molecule has 3 amide bonds. The summed E-state index contributed by atoms with van der Waals surface area (Å²) in [5.74, 6) is 0.350. The van der Waals surface area contributed by atoms with Crippen LogP contribution in [0.15, 0.2) is 41.6 Å². The van der Waals surface area contributed by atoms with Gasteiger partial charge in [-0.15, -0.1) is 0 Å². The van der Waals surface area contributed by atoms with Crippen molar-refractivity contribution in [2.75, 3.05) is 31.6 Å². The van der Waals surface area contributed by atoms with Crippen LogP contribution in [0.1, 0.15) is 38.5 Å². The Hall–Kier alpha value is -3.77. The fraction of sp³-hybridized carbons (Fsp3) is 0.519. The summed E-state index contributed by atoms with van der Waals surface area (Å²) in [7, 11) is 0. The molecule has 0 atom stereocenters. The zero-order valence-corrected chi connectivity index (χ0v) is 21.7. The number of carbonyl (C=O) groups is 2. The molecular weight excluding hydrogens is 502 g/mol. The third kappa shape index (κ3) is 5.52. The van der Waals surface area contributed by atoms with E-state index in [9.17, 15) is 19.5 Å². The normalized spacial score (nSPS) is 19.7. The number of fused-ring (bicyclic) bond motifs is 1. The van der Waals surface area contributed by atoms with Crippen molar-refractivity contribution < 1.29 is 19.4 Å². The van der Waals surface area contributed by atoms with Gasteiger partial charge in [0.2, 0.25) is 5.91 Å². The van der Waals surface area contributed by atoms with Crippen molar-refractivity contribution in [3.63, 3.8) is 0 Å². The Morgan fingerprint density at radius 2 is 1.79 bits per heavy atom. The number of hydrogen-bond acceptors (Lipinski definition) is 7. The van der Waals surface area contributed by atoms with Gasteiger partial charge in [0.05, 0.1) is 24.0 Å². The quantitative estimate of drug-likeness (QED) is 0.435. The fourth-order valence-electron chi connectivity index (χ4n) is 5.34. The third-order valence-electron chi connectivity index (χ3n) is 7.88. The van der Waals surface area contributed by atoms with Crippen LogP contribution in [0.25, 0.3) is 16.7 Å². The molecule has 0 unspecified atom stereocenters. The molecule has 3 fully saturated rings. The Labute approximate surface area is 225 Å². The summed E-state index contributed by atoms with van der Waals surface area (Å²) in [4.78, 5) is 44.2. The summed E-state index contributed by atoms with van der Waals surface area (Å²) < 4.78 is 8.32. The zero-order valence-electron chi connectivity index (χ0n) is 21.7. The van der Waals surface area contributed by atoms with Crippen LogP contribution < -0.4 is 16.2 Å². The molecule has 6 rings (SSSR count). The van der Waals surface area contributed by atoms with Crippen molar-refractivity contribution in [2.24, 2.45) is 5.92 Å². The van der Waals surface area contributed by atoms with E-state index in [4.69, 9.17) is 4.74 Å². The molecule has 1 aromatic carbocycles. The van der Waals surface area contributed by atoms with Crippen molar-refractivity contribution in [1.82, 2.24) is 29.5 Å². The Kier molecular flexibility index (Phi) is 6.81. The first-order valence-corrected chi connectivity index (χ1v) is 13.6. The molecule has 2 aromatic heterocycles. The lowest BCUT2D eigenvalue weighted by molar-refractivity contribution is -0.137. The highest BCUT2D eigenvalue weighted by atomic mass is 16.5. The predicted octanol–water partition coefficient (Wildman–Crippen LogP) is 1.65. The van der Waals surface area contributed by atoms with Gasteiger partial charge >= 0.3 is 6.03 Å². The summed E-state index contributed by atoms with van der Waals surface area (Å²) in [5, 5.41) is 21.7. The van der Waals surface area contributed by atoms with Crippen molar-refractivity contribution in [3.05, 3.63) is 47.1 Å². The number of anilines is 1. The van der Waals surface area contributed by atoms with Gasteiger partial charge < -0.3 is 25.4 Å². The number of rotatable bonds is 6. The minimum Gasteiger partial charge on any atom is -0.388 e. The number of piperidine rings is 1. The van der Waals surface area contributed by atoms with E-state index in [0.717, 1.165) is 25.7 Å². The molecule has 12 nitrogen and oxygen atoms in total. The average molecular weight is 536 g/mol. The van der Waals surface area contributed by atoms with Crippen LogP contribution in [-0.2, 0) is 16.1 Å². The monoisotopic (exact) mass is 535 g/mol. The molecule has 3 aromatic rings. The van der Waals surface area contributed by atoms with E-state index >= 15 is 0 Å². The topological polar surface area (TPSA) is 144 Å². The number of nitrogens with one attached hydrogen (secondary N) is 2. The summed E-state index contributed by atoms with van der Waals surface area (Å²) in [6, 6.07) is 6.97. The van der Waals surface area contributed by atoms with Crippen LogP contribution in [0.4, 0.5) is 10.5 Å². The van der Waals surface area contributed by atoms with E-state index < -0.39 is 5.60 Å². The van der Waals surface area contributed by atoms with Crippen molar-refractivity contribution in [1.29, 1.82) is 0 Å². The molecule has 0 radical (unpaired) electrons. The summed E-state index contributed by atoms with van der Waals surface area (Å²) in [5.41, 5.74) is 0.380. The lowest BCUT2D eigenvalue weighted by Crippen LogP contribution is -2.50. The molecule has 4 heterocycles. The molecule has 206 valence electrons. The van der Waals surface area contributed by atoms with E-state index in [1.54, 1.807) is 28.9 Å². The summed E-state index contributed by atoms with van der Waals surface area (Å²) in [6.45, 7) is 2.41. The SMILES string of the molecule is O=C(Nc1ccc(-n2ncc3c(=O)n(CC4(O)CCN(C(=O)C5CC5)CC4)cnc32)cc1)NC1CCOCC1. The molecule has 2 saturated heterocycles. The number of aliphatic hydroxyl groups is 1. The molecule has 3 aliphatic rings. The molecule has 0 bridgehead atoms. The summed E-state index contributed by atoms with van der Waals surface area (Å²) >= 11 is 0. The number of benzene rings is 1. The fourth-order valence-corrected chi connectivity index (χ4v) is 5.34. The number of aromatic nitrogens is 4. The number of ether oxygens (including phenoxy) is 1. The second-order valence-electron chi connectivity index (χ2n) is 10.8. The highest BCUT2D eigenvalue weighted by molar-refractivity contribution is 5.89. The first kappa shape index (κ1) is 25.5. The van der Waals surface area contributed by atoms with Crippen molar-refractivity contribution >= 4 is 28.7 Å². The van der Waals surface area contributed by atoms with Gasteiger partial charge in [0.25, 0.3) is 5.56 Å². The van der Waals surface area contributed by atoms with Gasteiger partial charge in [0, 0.05) is 44.0 Å². The lowest BCUT2D eigenvalue weighted by Gasteiger charge is -2.38. The van der Waals surface area contributed by atoms with Crippen molar-refractivity contribution in [3.8, 4) is 5.69 Å². The minimum absolute atomic E-state index is 0.105. The van der Waals surface area contributed by atoms with Crippen LogP contribution in [0.3, 0.4) is 0 Å². The van der Waals surface area contributed by atoms with E-state index in [2.05, 4.69) is 20.7 Å². The maximum atomic E-state index is 13.2. The molecule has 3 N–H and O–H groups in total. The Morgan fingerprint density at radius 1 is 1.08 bits per heavy atom. The second kappa shape index (κ2) is 10.4. The second-order valence-corrected chi connectivity index (χ2v) is 10.8. The number of urea groups is 1. The van der Waals surface area contributed by atoms with Gasteiger partial charge in [-0.25, -0.2) is 14.5 Å². The number of amides is 3. The van der Waals surface area contributed by atoms with Gasteiger partial charge in [-0.2, -0.15) is 5.10 Å². The van der Waals surface area contributed by atoms with Crippen LogP contribution in [-0.4, -0.2) is 79.2 Å². The van der Waals surface area contributed by atoms with Gasteiger partial charge in [-0.3, -0.25) is 14.2 Å². The number of carbonyl (C=O) groups excluding carboxylic acids is 2. The van der Waals surface area contributed by atoms with Gasteiger partial charge in [-0.1, -0.05) is 0 Å². The molecule has 1 aliphatic carbocycles. The molecule has 12 heteroatoms. The zero-order chi connectivity index (χ0) is 27.0. The van der Waals surface area contributed by atoms with Gasteiger partial charge in [0.15, 0.2) is 5.65 Å². The smallest absolute Gasteiger partial charge is 0.319 e. The van der Waals surface area contributed by atoms with E-state index in [1.165, 1.54) is 17.1 Å². The van der Waals surface area contributed by atoms with Gasteiger partial charge in [-0.05, 0) is 62.8 Å². The molecule has 39 heavy (non-hydrogen) atoms. The van der Waals surface area contributed by atoms with E-state index in [0.29, 0.717) is 61.6 Å². The van der Waals surface area contributed by atoms with Crippen LogP contribution in [0.5, 0.6) is 0 Å². The maximum absolute atomic E-state index is 13.2. The predicted molar refractivity (Wildman–Crippen MR) is 143 cm³/mol. The van der Waals surface area contributed by atoms with Crippen LogP contribution >= 0.6 is 0 Å². The first-order chi connectivity index (χ1) is 18.9. The highest BCUT2D eigenvalue weighted by Gasteiger charge is 2.39. The van der Waals surface area contributed by atoms with Crippen LogP contribution in [0.2, 0.25) is 0 Å².